The van der Waals surface area contributed by atoms with Crippen LogP contribution in [0.3, 0.4) is 0 Å². The van der Waals surface area contributed by atoms with Crippen LogP contribution in [0.1, 0.15) is 20.7 Å². The smallest absolute Gasteiger partial charge is 0.257 e. The third-order valence-electron chi connectivity index (χ3n) is 6.29. The second kappa shape index (κ2) is 12.7. The number of carbonyl (C=O) groups is 2. The van der Waals surface area contributed by atoms with E-state index < -0.39 is 0 Å². The van der Waals surface area contributed by atoms with Gasteiger partial charge < -0.3 is 29.3 Å². The molecular weight excluding hydrogens is 540 g/mol. The van der Waals surface area contributed by atoms with E-state index in [-0.39, 0.29) is 16.9 Å². The molecule has 0 aromatic heterocycles. The van der Waals surface area contributed by atoms with Gasteiger partial charge in [-0.15, -0.1) is 0 Å². The van der Waals surface area contributed by atoms with Crippen molar-refractivity contribution in [3.63, 3.8) is 0 Å². The number of nitrogens with zero attached hydrogens (tertiary/aromatic N) is 2. The highest BCUT2D eigenvalue weighted by Gasteiger charge is 2.25. The summed E-state index contributed by atoms with van der Waals surface area (Å²) >= 11 is 11.4. The van der Waals surface area contributed by atoms with E-state index in [0.29, 0.717) is 59.6 Å². The third-order valence-corrected chi connectivity index (χ3v) is 6.73. The highest BCUT2D eigenvalue weighted by atomic mass is 35.5. The van der Waals surface area contributed by atoms with Gasteiger partial charge in [0, 0.05) is 54.2 Å². The van der Waals surface area contributed by atoms with Gasteiger partial charge in [-0.25, -0.2) is 0 Å². The first-order valence-corrected chi connectivity index (χ1v) is 12.9. The number of thiocarbonyl (C=S) groups is 1. The molecule has 1 saturated heterocycles. The Balaban J connectivity index is 1.31. The van der Waals surface area contributed by atoms with E-state index >= 15 is 0 Å². The largest absolute Gasteiger partial charge is 0.497 e. The van der Waals surface area contributed by atoms with Crippen LogP contribution in [0.25, 0.3) is 0 Å². The first-order chi connectivity index (χ1) is 18.8. The fourth-order valence-corrected chi connectivity index (χ4v) is 4.60. The average Bonchev–Trinajstić information content (AvgIpc) is 2.96. The van der Waals surface area contributed by atoms with Gasteiger partial charge in [0.05, 0.1) is 26.9 Å². The van der Waals surface area contributed by atoms with Crippen molar-refractivity contribution in [1.82, 2.24) is 10.2 Å². The Morgan fingerprint density at radius 3 is 2.08 bits per heavy atom. The molecule has 11 heteroatoms. The number of methoxy groups -OCH3 is 3. The lowest BCUT2D eigenvalue weighted by Crippen LogP contribution is -2.48. The molecule has 3 aromatic rings. The number of halogens is 1. The summed E-state index contributed by atoms with van der Waals surface area (Å²) in [4.78, 5) is 29.7. The molecule has 1 aliphatic rings. The van der Waals surface area contributed by atoms with Crippen LogP contribution in [-0.2, 0) is 0 Å². The molecule has 39 heavy (non-hydrogen) atoms. The maximum absolute atomic E-state index is 13.1. The van der Waals surface area contributed by atoms with Gasteiger partial charge in [0.25, 0.3) is 11.8 Å². The minimum atomic E-state index is -0.385. The van der Waals surface area contributed by atoms with Crippen molar-refractivity contribution in [1.29, 1.82) is 0 Å². The molecule has 0 bridgehead atoms. The Kier molecular flexibility index (Phi) is 9.11. The summed E-state index contributed by atoms with van der Waals surface area (Å²) in [7, 11) is 4.57. The summed E-state index contributed by atoms with van der Waals surface area (Å²) in [5.74, 6) is 1.03. The van der Waals surface area contributed by atoms with E-state index in [1.807, 2.05) is 24.3 Å². The van der Waals surface area contributed by atoms with E-state index in [4.69, 9.17) is 38.0 Å². The van der Waals surface area contributed by atoms with Crippen LogP contribution in [-0.4, -0.2) is 69.3 Å². The molecule has 0 spiro atoms. The summed E-state index contributed by atoms with van der Waals surface area (Å²) in [6, 6.07) is 17.6. The van der Waals surface area contributed by atoms with Gasteiger partial charge in [0.2, 0.25) is 0 Å². The van der Waals surface area contributed by atoms with Gasteiger partial charge in [0.15, 0.2) is 5.11 Å². The molecule has 1 aliphatic heterocycles. The van der Waals surface area contributed by atoms with Crippen molar-refractivity contribution in [2.45, 2.75) is 0 Å². The second-order valence-electron chi connectivity index (χ2n) is 8.68. The number of piperazine rings is 1. The van der Waals surface area contributed by atoms with E-state index in [1.165, 1.54) is 21.3 Å². The minimum Gasteiger partial charge on any atom is -0.497 e. The Morgan fingerprint density at radius 1 is 0.846 bits per heavy atom. The van der Waals surface area contributed by atoms with Crippen LogP contribution in [0.15, 0.2) is 60.7 Å². The lowest BCUT2D eigenvalue weighted by molar-refractivity contribution is 0.0743. The summed E-state index contributed by atoms with van der Waals surface area (Å²) in [6.45, 7) is 2.50. The predicted molar refractivity (Wildman–Crippen MR) is 156 cm³/mol. The zero-order valence-corrected chi connectivity index (χ0v) is 23.4. The van der Waals surface area contributed by atoms with E-state index in [9.17, 15) is 9.59 Å². The summed E-state index contributed by atoms with van der Waals surface area (Å²) < 4.78 is 15.8. The number of nitrogens with one attached hydrogen (secondary N) is 2. The Hall–Kier alpha value is -4.02. The third kappa shape index (κ3) is 6.90. The SMILES string of the molecule is COc1cc(OC)cc(C(=O)NC(=S)Nc2ccc(N3CCN(C(=O)c4cc(Cl)ccc4OC)CC3)cc2)c1. The van der Waals surface area contributed by atoms with Crippen molar-refractivity contribution >= 4 is 52.1 Å². The first kappa shape index (κ1) is 28.0. The van der Waals surface area contributed by atoms with Crippen LogP contribution in [0.4, 0.5) is 11.4 Å². The molecule has 4 rings (SSSR count). The normalized spacial score (nSPS) is 12.9. The molecule has 0 unspecified atom stereocenters. The minimum absolute atomic E-state index is 0.100. The fourth-order valence-electron chi connectivity index (χ4n) is 4.22. The van der Waals surface area contributed by atoms with Crippen LogP contribution in [0.2, 0.25) is 5.02 Å². The lowest BCUT2D eigenvalue weighted by Gasteiger charge is -2.36. The van der Waals surface area contributed by atoms with E-state index in [2.05, 4.69) is 15.5 Å². The van der Waals surface area contributed by atoms with Crippen molar-refractivity contribution in [3.05, 3.63) is 76.8 Å². The van der Waals surface area contributed by atoms with Crippen LogP contribution < -0.4 is 29.7 Å². The Labute approximate surface area is 237 Å². The van der Waals surface area contributed by atoms with Crippen LogP contribution in [0, 0.1) is 0 Å². The zero-order chi connectivity index (χ0) is 27.9. The summed E-state index contributed by atoms with van der Waals surface area (Å²) in [5.41, 5.74) is 2.57. The Morgan fingerprint density at radius 2 is 1.49 bits per heavy atom. The van der Waals surface area contributed by atoms with Crippen LogP contribution >= 0.6 is 23.8 Å². The highest BCUT2D eigenvalue weighted by Crippen LogP contribution is 2.26. The van der Waals surface area contributed by atoms with Gasteiger partial charge in [-0.2, -0.15) is 0 Å². The molecule has 3 aromatic carbocycles. The fraction of sp³-hybridized carbons (Fsp3) is 0.250. The summed E-state index contributed by atoms with van der Waals surface area (Å²) in [5, 5.41) is 6.36. The first-order valence-electron chi connectivity index (χ1n) is 12.1. The summed E-state index contributed by atoms with van der Waals surface area (Å²) in [6.07, 6.45) is 0. The molecule has 9 nitrogen and oxygen atoms in total. The molecule has 204 valence electrons. The van der Waals surface area contributed by atoms with E-state index in [1.54, 1.807) is 41.3 Å². The number of hydrogen-bond acceptors (Lipinski definition) is 7. The number of anilines is 2. The number of ether oxygens (including phenoxy) is 3. The molecule has 1 fully saturated rings. The van der Waals surface area contributed by atoms with Crippen LogP contribution in [0.5, 0.6) is 17.2 Å². The average molecular weight is 569 g/mol. The maximum Gasteiger partial charge on any atom is 0.257 e. The quantitative estimate of drug-likeness (QED) is 0.404. The monoisotopic (exact) mass is 568 g/mol. The number of benzene rings is 3. The molecule has 0 atom stereocenters. The molecule has 0 radical (unpaired) electrons. The van der Waals surface area contributed by atoms with Gasteiger partial charge in [-0.05, 0) is 66.8 Å². The van der Waals surface area contributed by atoms with Gasteiger partial charge in [-0.3, -0.25) is 14.9 Å². The van der Waals surface area contributed by atoms with Crippen molar-refractivity contribution < 1.29 is 23.8 Å². The molecular formula is C28H29ClN4O5S. The number of hydrogen-bond donors (Lipinski definition) is 2. The van der Waals surface area contributed by atoms with Crippen molar-refractivity contribution in [2.24, 2.45) is 0 Å². The molecule has 1 heterocycles. The standard InChI is InChI=1S/C28H29ClN4O5S/c1-36-22-14-18(15-23(17-22)37-2)26(34)31-28(39)30-20-5-7-21(8-6-20)32-10-12-33(13-11-32)27(35)24-16-19(29)4-9-25(24)38-3/h4-9,14-17H,10-13H2,1-3H3,(H2,30,31,34,39). The topological polar surface area (TPSA) is 92.4 Å². The zero-order valence-electron chi connectivity index (χ0n) is 21.8. The predicted octanol–water partition coefficient (Wildman–Crippen LogP) is 4.46. The number of rotatable bonds is 7. The number of carbonyl (C=O) groups excluding carboxylic acids is 2. The van der Waals surface area contributed by atoms with Gasteiger partial charge in [-0.1, -0.05) is 11.6 Å². The molecule has 0 aliphatic carbocycles. The molecule has 2 N–H and O–H groups in total. The van der Waals surface area contributed by atoms with Gasteiger partial charge >= 0.3 is 0 Å². The van der Waals surface area contributed by atoms with Crippen molar-refractivity contribution in [2.75, 3.05) is 57.7 Å². The van der Waals surface area contributed by atoms with Crippen molar-refractivity contribution in [3.8, 4) is 17.2 Å². The van der Waals surface area contributed by atoms with Gasteiger partial charge in [0.1, 0.15) is 17.2 Å². The highest BCUT2D eigenvalue weighted by molar-refractivity contribution is 7.80. The second-order valence-corrected chi connectivity index (χ2v) is 9.53. The van der Waals surface area contributed by atoms with E-state index in [0.717, 1.165) is 11.4 Å². The molecule has 0 saturated carbocycles. The number of amides is 2. The lowest BCUT2D eigenvalue weighted by atomic mass is 10.1. The molecule has 2 amide bonds. The Bertz CT molecular complexity index is 1340. The maximum atomic E-state index is 13.1.